The molecule has 3 rings (SSSR count). The Balaban J connectivity index is 1.89. The van der Waals surface area contributed by atoms with Crippen LogP contribution in [0, 0.1) is 13.8 Å². The Kier molecular flexibility index (Phi) is 3.13. The summed E-state index contributed by atoms with van der Waals surface area (Å²) >= 11 is 0. The summed E-state index contributed by atoms with van der Waals surface area (Å²) in [5.41, 5.74) is 9.00. The minimum absolute atomic E-state index is 0.174. The minimum atomic E-state index is 0.174. The summed E-state index contributed by atoms with van der Waals surface area (Å²) in [5.74, 6) is 0.174. The summed E-state index contributed by atoms with van der Waals surface area (Å²) in [6, 6.07) is 2.92. The van der Waals surface area contributed by atoms with Crippen molar-refractivity contribution in [3.8, 4) is 0 Å². The van der Waals surface area contributed by atoms with E-state index in [4.69, 9.17) is 5.73 Å². The predicted octanol–water partition coefficient (Wildman–Crippen LogP) is 2.00. The number of aryl methyl sites for hydroxylation is 1. The molecule has 1 amide bonds. The second-order valence-corrected chi connectivity index (χ2v) is 5.92. The fourth-order valence-electron chi connectivity index (χ4n) is 3.39. The molecule has 1 saturated heterocycles. The molecule has 0 spiro atoms. The molecule has 1 aliphatic heterocycles. The van der Waals surface area contributed by atoms with Crippen LogP contribution in [0.2, 0.25) is 0 Å². The number of nitrogens with two attached hydrogens (primary N) is 1. The molecule has 0 unspecified atom stereocenters. The van der Waals surface area contributed by atoms with Crippen molar-refractivity contribution in [1.29, 1.82) is 0 Å². The average Bonchev–Trinajstić information content (AvgIpc) is 3.02. The third-order valence-electron chi connectivity index (χ3n) is 4.54. The van der Waals surface area contributed by atoms with Gasteiger partial charge in [0, 0.05) is 36.6 Å². The van der Waals surface area contributed by atoms with E-state index in [2.05, 4.69) is 24.5 Å². The van der Waals surface area contributed by atoms with E-state index in [0.29, 0.717) is 12.6 Å². The van der Waals surface area contributed by atoms with Crippen molar-refractivity contribution in [1.82, 2.24) is 9.47 Å². The number of likely N-dealkylation sites (tertiary alicyclic amines) is 1. The van der Waals surface area contributed by atoms with Gasteiger partial charge in [0.2, 0.25) is 0 Å². The first-order chi connectivity index (χ1) is 9.13. The van der Waals surface area contributed by atoms with Crippen molar-refractivity contribution in [3.63, 3.8) is 0 Å². The third kappa shape index (κ3) is 2.08. The molecule has 0 bridgehead atoms. The lowest BCUT2D eigenvalue weighted by Gasteiger charge is -2.23. The van der Waals surface area contributed by atoms with Crippen LogP contribution < -0.4 is 5.73 Å². The van der Waals surface area contributed by atoms with E-state index in [9.17, 15) is 4.79 Å². The van der Waals surface area contributed by atoms with Gasteiger partial charge in [0.25, 0.3) is 5.91 Å². The van der Waals surface area contributed by atoms with Gasteiger partial charge in [0.15, 0.2) is 0 Å². The van der Waals surface area contributed by atoms with Gasteiger partial charge >= 0.3 is 0 Å². The second-order valence-electron chi connectivity index (χ2n) is 5.92. The lowest BCUT2D eigenvalue weighted by Crippen LogP contribution is -2.40. The number of carbonyl (C=O) groups excluding carboxylic acids is 1. The molecule has 19 heavy (non-hydrogen) atoms. The highest BCUT2D eigenvalue weighted by molar-refractivity contribution is 5.96. The Morgan fingerprint density at radius 1 is 1.37 bits per heavy atom. The van der Waals surface area contributed by atoms with E-state index in [1.807, 2.05) is 4.90 Å². The van der Waals surface area contributed by atoms with Crippen LogP contribution >= 0.6 is 0 Å². The molecule has 4 heteroatoms. The highest BCUT2D eigenvalue weighted by Gasteiger charge is 2.32. The Morgan fingerprint density at radius 2 is 2.11 bits per heavy atom. The normalized spacial score (nSPS) is 23.1. The van der Waals surface area contributed by atoms with Crippen molar-refractivity contribution in [2.75, 3.05) is 13.1 Å². The van der Waals surface area contributed by atoms with Gasteiger partial charge in [0.1, 0.15) is 0 Å². The van der Waals surface area contributed by atoms with Gasteiger partial charge in [-0.15, -0.1) is 0 Å². The lowest BCUT2D eigenvalue weighted by molar-refractivity contribution is 0.0740. The first-order valence-electron chi connectivity index (χ1n) is 7.33. The highest BCUT2D eigenvalue weighted by Crippen LogP contribution is 2.38. The smallest absolute Gasteiger partial charge is 0.255 e. The topological polar surface area (TPSA) is 51.3 Å². The van der Waals surface area contributed by atoms with E-state index < -0.39 is 0 Å². The lowest BCUT2D eigenvalue weighted by atomic mass is 10.2. The maximum atomic E-state index is 12.7. The molecule has 2 N–H and O–H groups in total. The van der Waals surface area contributed by atoms with E-state index >= 15 is 0 Å². The molecule has 2 fully saturated rings. The van der Waals surface area contributed by atoms with Crippen LogP contribution in [0.15, 0.2) is 6.07 Å². The molecular weight excluding hydrogens is 238 g/mol. The van der Waals surface area contributed by atoms with Crippen LogP contribution in [0.25, 0.3) is 0 Å². The molecule has 0 radical (unpaired) electrons. The fraction of sp³-hybridized carbons (Fsp3) is 0.667. The maximum Gasteiger partial charge on any atom is 0.255 e. The number of carbonyl (C=O) groups is 1. The molecule has 1 atom stereocenters. The number of aromatic nitrogens is 1. The number of hydrogen-bond donors (Lipinski definition) is 1. The average molecular weight is 261 g/mol. The molecule has 2 aliphatic rings. The van der Waals surface area contributed by atoms with Crippen molar-refractivity contribution in [3.05, 3.63) is 23.0 Å². The van der Waals surface area contributed by atoms with E-state index in [0.717, 1.165) is 30.6 Å². The van der Waals surface area contributed by atoms with Gasteiger partial charge in [-0.3, -0.25) is 4.79 Å². The SMILES string of the molecule is Cc1cc(C(=O)N2CCC[C@@H]2CN)c(C)n1C1CC1. The largest absolute Gasteiger partial charge is 0.345 e. The summed E-state index contributed by atoms with van der Waals surface area (Å²) in [6.45, 7) is 5.61. The van der Waals surface area contributed by atoms with Crippen LogP contribution in [0.5, 0.6) is 0 Å². The predicted molar refractivity (Wildman–Crippen MR) is 75.3 cm³/mol. The molecule has 1 saturated carbocycles. The quantitative estimate of drug-likeness (QED) is 0.905. The van der Waals surface area contributed by atoms with Crippen molar-refractivity contribution < 1.29 is 4.79 Å². The summed E-state index contributed by atoms with van der Waals surface area (Å²) in [5, 5.41) is 0. The van der Waals surface area contributed by atoms with Gasteiger partial charge in [-0.2, -0.15) is 0 Å². The van der Waals surface area contributed by atoms with Gasteiger partial charge in [-0.05, 0) is 45.6 Å². The monoisotopic (exact) mass is 261 g/mol. The Hall–Kier alpha value is -1.29. The summed E-state index contributed by atoms with van der Waals surface area (Å²) in [7, 11) is 0. The van der Waals surface area contributed by atoms with Crippen molar-refractivity contribution >= 4 is 5.91 Å². The molecule has 1 aromatic heterocycles. The van der Waals surface area contributed by atoms with Gasteiger partial charge < -0.3 is 15.2 Å². The number of amides is 1. The van der Waals surface area contributed by atoms with Crippen LogP contribution in [-0.2, 0) is 0 Å². The second kappa shape index (κ2) is 4.67. The molecule has 0 aromatic carbocycles. The molecule has 1 aliphatic carbocycles. The zero-order valence-corrected chi connectivity index (χ0v) is 11.9. The molecule has 1 aromatic rings. The number of rotatable bonds is 3. The van der Waals surface area contributed by atoms with E-state index in [1.54, 1.807) is 0 Å². The highest BCUT2D eigenvalue weighted by atomic mass is 16.2. The first-order valence-corrected chi connectivity index (χ1v) is 7.33. The summed E-state index contributed by atoms with van der Waals surface area (Å²) < 4.78 is 2.33. The Bertz CT molecular complexity index is 502. The van der Waals surface area contributed by atoms with Crippen molar-refractivity contribution in [2.45, 2.75) is 51.6 Å². The van der Waals surface area contributed by atoms with Crippen LogP contribution in [0.4, 0.5) is 0 Å². The van der Waals surface area contributed by atoms with E-state index in [-0.39, 0.29) is 11.9 Å². The van der Waals surface area contributed by atoms with Crippen molar-refractivity contribution in [2.24, 2.45) is 5.73 Å². The molecule has 4 nitrogen and oxygen atoms in total. The number of hydrogen-bond acceptors (Lipinski definition) is 2. The van der Waals surface area contributed by atoms with Gasteiger partial charge in [-0.1, -0.05) is 0 Å². The Labute approximate surface area is 114 Å². The maximum absolute atomic E-state index is 12.7. The van der Waals surface area contributed by atoms with E-state index in [1.165, 1.54) is 18.5 Å². The number of nitrogens with zero attached hydrogens (tertiary/aromatic N) is 2. The molecular formula is C15H23N3O. The standard InChI is InChI=1S/C15H23N3O/c1-10-8-14(11(2)18(10)12-5-6-12)15(19)17-7-3-4-13(17)9-16/h8,12-13H,3-7,9,16H2,1-2H3/t13-/m1/s1. The zero-order chi connectivity index (χ0) is 13.6. The summed E-state index contributed by atoms with van der Waals surface area (Å²) in [6.07, 6.45) is 4.62. The molecule has 2 heterocycles. The van der Waals surface area contributed by atoms with Gasteiger partial charge in [0.05, 0.1) is 5.56 Å². The fourth-order valence-corrected chi connectivity index (χ4v) is 3.39. The zero-order valence-electron chi connectivity index (χ0n) is 11.9. The first kappa shape index (κ1) is 12.7. The minimum Gasteiger partial charge on any atom is -0.345 e. The van der Waals surface area contributed by atoms with Crippen LogP contribution in [0.3, 0.4) is 0 Å². The van der Waals surface area contributed by atoms with Gasteiger partial charge in [-0.25, -0.2) is 0 Å². The Morgan fingerprint density at radius 3 is 2.74 bits per heavy atom. The van der Waals surface area contributed by atoms with Crippen LogP contribution in [-0.4, -0.2) is 34.5 Å². The summed E-state index contributed by atoms with van der Waals surface area (Å²) in [4.78, 5) is 14.7. The molecule has 104 valence electrons. The third-order valence-corrected chi connectivity index (χ3v) is 4.54. The van der Waals surface area contributed by atoms with Crippen LogP contribution in [0.1, 0.15) is 53.5 Å².